The van der Waals surface area contributed by atoms with Gasteiger partial charge >= 0.3 is 6.09 Å². The Morgan fingerprint density at radius 1 is 1.53 bits per heavy atom. The fraction of sp³-hybridized carbons (Fsp3) is 0.300. The van der Waals surface area contributed by atoms with E-state index in [1.807, 2.05) is 31.3 Å². The first kappa shape index (κ1) is 10.4. The molecule has 1 atom stereocenters. The summed E-state index contributed by atoms with van der Waals surface area (Å²) in [5.41, 5.74) is 3.54. The molecular weight excluding hydrogens is 260 g/mol. The number of amides is 1. The standard InChI is InChI=1S/C10H11BrN2O2/c1-13-6-9(15-10(14)12-13)7-4-2-3-5-8(7)11/h2-5,9H,6H2,1H3,(H,12,14). The van der Waals surface area contributed by atoms with Crippen LogP contribution in [0.25, 0.3) is 0 Å². The minimum atomic E-state index is -0.412. The molecule has 0 bridgehead atoms. The Morgan fingerprint density at radius 3 is 2.93 bits per heavy atom. The number of halogens is 1. The lowest BCUT2D eigenvalue weighted by atomic mass is 10.1. The van der Waals surface area contributed by atoms with Gasteiger partial charge in [0.1, 0.15) is 6.10 Å². The molecule has 1 N–H and O–H groups in total. The summed E-state index contributed by atoms with van der Waals surface area (Å²) in [7, 11) is 1.81. The Kier molecular flexibility index (Phi) is 2.93. The Hall–Kier alpha value is -1.07. The average Bonchev–Trinajstić information content (AvgIpc) is 2.16. The minimum absolute atomic E-state index is 0.223. The molecule has 4 nitrogen and oxygen atoms in total. The normalized spacial score (nSPS) is 22.0. The summed E-state index contributed by atoms with van der Waals surface area (Å²) in [5, 5.41) is 1.72. The van der Waals surface area contributed by atoms with Gasteiger partial charge in [0.2, 0.25) is 0 Å². The van der Waals surface area contributed by atoms with Crippen molar-refractivity contribution in [2.24, 2.45) is 0 Å². The summed E-state index contributed by atoms with van der Waals surface area (Å²) >= 11 is 3.44. The smallest absolute Gasteiger partial charge is 0.422 e. The summed E-state index contributed by atoms with van der Waals surface area (Å²) in [4.78, 5) is 11.2. The number of carbonyl (C=O) groups excluding carboxylic acids is 1. The van der Waals surface area contributed by atoms with Crippen LogP contribution >= 0.6 is 15.9 Å². The van der Waals surface area contributed by atoms with Crippen LogP contribution in [0, 0.1) is 0 Å². The second-order valence-electron chi connectivity index (χ2n) is 3.41. The van der Waals surface area contributed by atoms with Crippen LogP contribution in [0.2, 0.25) is 0 Å². The van der Waals surface area contributed by atoms with Crippen LogP contribution in [-0.2, 0) is 4.74 Å². The van der Waals surface area contributed by atoms with E-state index in [0.29, 0.717) is 6.54 Å². The second-order valence-corrected chi connectivity index (χ2v) is 4.26. The van der Waals surface area contributed by atoms with E-state index in [1.165, 1.54) is 0 Å². The molecule has 80 valence electrons. The summed E-state index contributed by atoms with van der Waals surface area (Å²) < 4.78 is 6.16. The number of carbonyl (C=O) groups is 1. The maximum Gasteiger partial charge on any atom is 0.422 e. The number of hydrogen-bond donors (Lipinski definition) is 1. The van der Waals surface area contributed by atoms with Gasteiger partial charge in [0.05, 0.1) is 6.54 Å². The minimum Gasteiger partial charge on any atom is -0.439 e. The zero-order chi connectivity index (χ0) is 10.8. The van der Waals surface area contributed by atoms with Crippen LogP contribution in [-0.4, -0.2) is 24.7 Å². The van der Waals surface area contributed by atoms with E-state index in [4.69, 9.17) is 4.74 Å². The van der Waals surface area contributed by atoms with Crippen molar-refractivity contribution in [2.45, 2.75) is 6.10 Å². The third-order valence-corrected chi connectivity index (χ3v) is 2.95. The zero-order valence-electron chi connectivity index (χ0n) is 8.24. The van der Waals surface area contributed by atoms with E-state index < -0.39 is 6.09 Å². The molecule has 5 heteroatoms. The van der Waals surface area contributed by atoms with Gasteiger partial charge in [-0.1, -0.05) is 34.1 Å². The van der Waals surface area contributed by atoms with Gasteiger partial charge in [-0.25, -0.2) is 9.80 Å². The van der Waals surface area contributed by atoms with Gasteiger partial charge in [0.15, 0.2) is 0 Å². The van der Waals surface area contributed by atoms with Gasteiger partial charge in [-0.3, -0.25) is 5.43 Å². The lowest BCUT2D eigenvalue weighted by molar-refractivity contribution is 0.0126. The van der Waals surface area contributed by atoms with E-state index in [1.54, 1.807) is 5.01 Å². The summed E-state index contributed by atoms with van der Waals surface area (Å²) in [6.45, 7) is 0.633. The van der Waals surface area contributed by atoms with Gasteiger partial charge in [-0.2, -0.15) is 0 Å². The van der Waals surface area contributed by atoms with E-state index >= 15 is 0 Å². The van der Waals surface area contributed by atoms with Gasteiger partial charge in [-0.05, 0) is 6.07 Å². The van der Waals surface area contributed by atoms with Crippen molar-refractivity contribution < 1.29 is 9.53 Å². The molecule has 0 radical (unpaired) electrons. The first-order chi connectivity index (χ1) is 7.16. The number of hydrogen-bond acceptors (Lipinski definition) is 3. The van der Waals surface area contributed by atoms with Gasteiger partial charge < -0.3 is 4.74 Å². The first-order valence-electron chi connectivity index (χ1n) is 4.59. The van der Waals surface area contributed by atoms with Gasteiger partial charge in [0, 0.05) is 17.1 Å². The Morgan fingerprint density at radius 2 is 2.27 bits per heavy atom. The van der Waals surface area contributed by atoms with Crippen molar-refractivity contribution in [1.29, 1.82) is 0 Å². The third kappa shape index (κ3) is 2.30. The molecule has 1 saturated heterocycles. The van der Waals surface area contributed by atoms with Crippen molar-refractivity contribution in [3.63, 3.8) is 0 Å². The molecule has 0 saturated carbocycles. The molecule has 1 unspecified atom stereocenters. The average molecular weight is 271 g/mol. The van der Waals surface area contributed by atoms with E-state index in [2.05, 4.69) is 21.4 Å². The van der Waals surface area contributed by atoms with E-state index in [0.717, 1.165) is 10.0 Å². The highest BCUT2D eigenvalue weighted by Crippen LogP contribution is 2.27. The van der Waals surface area contributed by atoms with Crippen LogP contribution in [0.3, 0.4) is 0 Å². The predicted octanol–water partition coefficient (Wildman–Crippen LogP) is 2.08. The number of nitrogens with one attached hydrogen (secondary N) is 1. The van der Waals surface area contributed by atoms with Crippen LogP contribution in [0.15, 0.2) is 28.7 Å². The molecule has 1 aliphatic rings. The molecule has 0 aliphatic carbocycles. The number of cyclic esters (lactones) is 1. The molecule has 1 amide bonds. The van der Waals surface area contributed by atoms with Crippen LogP contribution in [0.1, 0.15) is 11.7 Å². The van der Waals surface area contributed by atoms with Crippen LogP contribution in [0.4, 0.5) is 4.79 Å². The van der Waals surface area contributed by atoms with Gasteiger partial charge in [-0.15, -0.1) is 0 Å². The number of ether oxygens (including phenoxy) is 1. The molecule has 1 aromatic carbocycles. The second kappa shape index (κ2) is 4.20. The maximum absolute atomic E-state index is 11.2. The first-order valence-corrected chi connectivity index (χ1v) is 5.39. The molecule has 1 fully saturated rings. The zero-order valence-corrected chi connectivity index (χ0v) is 9.82. The van der Waals surface area contributed by atoms with Crippen molar-refractivity contribution >= 4 is 22.0 Å². The lowest BCUT2D eigenvalue weighted by Crippen LogP contribution is -2.48. The lowest BCUT2D eigenvalue weighted by Gasteiger charge is -2.30. The molecule has 1 heterocycles. The Balaban J connectivity index is 2.23. The number of benzene rings is 1. The fourth-order valence-corrected chi connectivity index (χ4v) is 2.08. The van der Waals surface area contributed by atoms with Crippen molar-refractivity contribution in [2.75, 3.05) is 13.6 Å². The molecular formula is C10H11BrN2O2. The number of hydrazine groups is 1. The Labute approximate surface area is 96.3 Å². The van der Waals surface area contributed by atoms with Crippen LogP contribution in [0.5, 0.6) is 0 Å². The quantitative estimate of drug-likeness (QED) is 0.850. The number of nitrogens with zero attached hydrogens (tertiary/aromatic N) is 1. The van der Waals surface area contributed by atoms with Crippen molar-refractivity contribution in [3.8, 4) is 0 Å². The highest BCUT2D eigenvalue weighted by Gasteiger charge is 2.26. The van der Waals surface area contributed by atoms with Crippen LogP contribution < -0.4 is 5.43 Å². The number of rotatable bonds is 1. The van der Waals surface area contributed by atoms with E-state index in [-0.39, 0.29) is 6.10 Å². The monoisotopic (exact) mass is 270 g/mol. The topological polar surface area (TPSA) is 41.6 Å². The summed E-state index contributed by atoms with van der Waals surface area (Å²) in [6.07, 6.45) is -0.635. The molecule has 0 aromatic heterocycles. The Bertz CT molecular complexity index is 383. The van der Waals surface area contributed by atoms with E-state index in [9.17, 15) is 4.79 Å². The maximum atomic E-state index is 11.2. The fourth-order valence-electron chi connectivity index (χ4n) is 1.54. The highest BCUT2D eigenvalue weighted by atomic mass is 79.9. The molecule has 1 aromatic rings. The SMILES string of the molecule is CN1CC(c2ccccc2Br)OC(=O)N1. The molecule has 0 spiro atoms. The largest absolute Gasteiger partial charge is 0.439 e. The highest BCUT2D eigenvalue weighted by molar-refractivity contribution is 9.10. The third-order valence-electron chi connectivity index (χ3n) is 2.22. The molecule has 2 rings (SSSR count). The van der Waals surface area contributed by atoms with Crippen molar-refractivity contribution in [1.82, 2.24) is 10.4 Å². The summed E-state index contributed by atoms with van der Waals surface area (Å²) in [5.74, 6) is 0. The molecule has 15 heavy (non-hydrogen) atoms. The molecule has 1 aliphatic heterocycles. The van der Waals surface area contributed by atoms with Crippen molar-refractivity contribution in [3.05, 3.63) is 34.3 Å². The number of likely N-dealkylation sites (N-methyl/N-ethyl adjacent to an activating group) is 1. The summed E-state index contributed by atoms with van der Waals surface area (Å²) in [6, 6.07) is 7.74. The van der Waals surface area contributed by atoms with Gasteiger partial charge in [0.25, 0.3) is 0 Å². The predicted molar refractivity (Wildman–Crippen MR) is 59.1 cm³/mol.